The summed E-state index contributed by atoms with van der Waals surface area (Å²) in [7, 11) is 0. The lowest BCUT2D eigenvalue weighted by molar-refractivity contribution is -0.140. The first-order valence-corrected chi connectivity index (χ1v) is 7.08. The lowest BCUT2D eigenvalue weighted by Crippen LogP contribution is -2.27. The summed E-state index contributed by atoms with van der Waals surface area (Å²) in [6.45, 7) is 1.94. The molecule has 4 heteroatoms. The van der Waals surface area contributed by atoms with E-state index in [1.54, 1.807) is 0 Å². The zero-order chi connectivity index (χ0) is 14.6. The van der Waals surface area contributed by atoms with Gasteiger partial charge in [0.05, 0.1) is 6.42 Å². The fourth-order valence-corrected chi connectivity index (χ4v) is 3.11. The number of aliphatic carboxylic acids is 1. The summed E-state index contributed by atoms with van der Waals surface area (Å²) in [4.78, 5) is 23.2. The van der Waals surface area contributed by atoms with Gasteiger partial charge >= 0.3 is 5.97 Å². The fourth-order valence-electron chi connectivity index (χ4n) is 3.11. The Bertz CT molecular complexity index is 504. The lowest BCUT2D eigenvalue weighted by Gasteiger charge is -2.26. The second kappa shape index (κ2) is 6.07. The predicted octanol–water partition coefficient (Wildman–Crippen LogP) is 3.36. The molecule has 1 amide bonds. The molecule has 0 aromatic heterocycles. The van der Waals surface area contributed by atoms with Crippen LogP contribution < -0.4 is 5.32 Å². The van der Waals surface area contributed by atoms with E-state index in [2.05, 4.69) is 5.32 Å². The number of carbonyl (C=O) groups is 2. The first-order chi connectivity index (χ1) is 9.51. The topological polar surface area (TPSA) is 66.4 Å². The minimum absolute atomic E-state index is 0.0811. The molecule has 0 aliphatic heterocycles. The molecule has 0 spiro atoms. The van der Waals surface area contributed by atoms with Gasteiger partial charge in [0, 0.05) is 12.1 Å². The molecule has 0 atom stereocenters. The van der Waals surface area contributed by atoms with Crippen LogP contribution in [-0.4, -0.2) is 17.0 Å². The summed E-state index contributed by atoms with van der Waals surface area (Å²) in [5.41, 5.74) is 1.47. The van der Waals surface area contributed by atoms with Crippen LogP contribution in [0.3, 0.4) is 0 Å². The maximum Gasteiger partial charge on any atom is 0.303 e. The van der Waals surface area contributed by atoms with Gasteiger partial charge in [-0.1, -0.05) is 31.0 Å². The maximum atomic E-state index is 12.2. The number of hydrogen-bond acceptors (Lipinski definition) is 2. The lowest BCUT2D eigenvalue weighted by atomic mass is 9.79. The van der Waals surface area contributed by atoms with Crippen LogP contribution in [0.5, 0.6) is 0 Å². The molecule has 2 rings (SSSR count). The summed E-state index contributed by atoms with van der Waals surface area (Å²) in [6.07, 6.45) is 4.10. The Morgan fingerprint density at radius 3 is 2.45 bits per heavy atom. The van der Waals surface area contributed by atoms with Gasteiger partial charge in [0.2, 0.25) is 5.91 Å². The number of aryl methyl sites for hydroxylation is 1. The molecule has 0 radical (unpaired) electrons. The van der Waals surface area contributed by atoms with E-state index in [0.717, 1.165) is 36.9 Å². The standard InChI is InChI=1S/C16H21NO3/c1-12-6-2-3-7-13(12)17-14(18)10-16(11-15(19)20)8-4-5-9-16/h2-3,6-7H,4-5,8-11H2,1H3,(H,17,18)(H,19,20). The summed E-state index contributed by atoms with van der Waals surface area (Å²) < 4.78 is 0. The first-order valence-electron chi connectivity index (χ1n) is 7.08. The predicted molar refractivity (Wildman–Crippen MR) is 77.6 cm³/mol. The van der Waals surface area contributed by atoms with Gasteiger partial charge in [0.25, 0.3) is 0 Å². The van der Waals surface area contributed by atoms with Crippen molar-refractivity contribution in [2.75, 3.05) is 5.32 Å². The van der Waals surface area contributed by atoms with Gasteiger partial charge in [-0.2, -0.15) is 0 Å². The van der Waals surface area contributed by atoms with Gasteiger partial charge in [0.1, 0.15) is 0 Å². The third kappa shape index (κ3) is 3.59. The maximum absolute atomic E-state index is 12.2. The SMILES string of the molecule is Cc1ccccc1NC(=O)CC1(CC(=O)O)CCCC1. The molecule has 1 aromatic carbocycles. The van der Waals surface area contributed by atoms with Gasteiger partial charge in [-0.15, -0.1) is 0 Å². The zero-order valence-corrected chi connectivity index (χ0v) is 11.8. The van der Waals surface area contributed by atoms with Crippen LogP contribution in [0.1, 0.15) is 44.1 Å². The number of hydrogen-bond donors (Lipinski definition) is 2. The van der Waals surface area contributed by atoms with Crippen LogP contribution in [0.25, 0.3) is 0 Å². The van der Waals surface area contributed by atoms with E-state index in [1.807, 2.05) is 31.2 Å². The van der Waals surface area contributed by atoms with E-state index in [4.69, 9.17) is 5.11 Å². The summed E-state index contributed by atoms with van der Waals surface area (Å²) in [5, 5.41) is 12.0. The molecule has 1 aromatic rings. The second-order valence-corrected chi connectivity index (χ2v) is 5.82. The van der Waals surface area contributed by atoms with Crippen molar-refractivity contribution >= 4 is 17.6 Å². The highest BCUT2D eigenvalue weighted by molar-refractivity contribution is 5.92. The third-order valence-electron chi connectivity index (χ3n) is 4.15. The van der Waals surface area contributed by atoms with E-state index in [-0.39, 0.29) is 17.7 Å². The minimum Gasteiger partial charge on any atom is -0.481 e. The van der Waals surface area contributed by atoms with Crippen LogP contribution in [0.2, 0.25) is 0 Å². The van der Waals surface area contributed by atoms with E-state index >= 15 is 0 Å². The first kappa shape index (κ1) is 14.6. The molecule has 20 heavy (non-hydrogen) atoms. The van der Waals surface area contributed by atoms with Crippen molar-refractivity contribution in [1.29, 1.82) is 0 Å². The monoisotopic (exact) mass is 275 g/mol. The molecule has 0 bridgehead atoms. The van der Waals surface area contributed by atoms with Crippen molar-refractivity contribution < 1.29 is 14.7 Å². The molecule has 4 nitrogen and oxygen atoms in total. The molecule has 1 saturated carbocycles. The van der Waals surface area contributed by atoms with E-state index in [0.29, 0.717) is 6.42 Å². The molecule has 108 valence electrons. The van der Waals surface area contributed by atoms with Crippen LogP contribution in [0.15, 0.2) is 24.3 Å². The molecule has 0 unspecified atom stereocenters. The third-order valence-corrected chi connectivity index (χ3v) is 4.15. The van der Waals surface area contributed by atoms with Crippen molar-refractivity contribution in [3.63, 3.8) is 0 Å². The Morgan fingerprint density at radius 2 is 1.85 bits per heavy atom. The largest absolute Gasteiger partial charge is 0.481 e. The zero-order valence-electron chi connectivity index (χ0n) is 11.8. The van der Waals surface area contributed by atoms with Gasteiger partial charge in [-0.25, -0.2) is 0 Å². The Balaban J connectivity index is 2.02. The van der Waals surface area contributed by atoms with E-state index < -0.39 is 5.97 Å². The normalized spacial score (nSPS) is 16.9. The Hall–Kier alpha value is -1.84. The summed E-state index contributed by atoms with van der Waals surface area (Å²) in [6, 6.07) is 7.61. The molecule has 0 saturated heterocycles. The van der Waals surface area contributed by atoms with Crippen molar-refractivity contribution in [2.45, 2.75) is 45.4 Å². The quantitative estimate of drug-likeness (QED) is 0.866. The number of rotatable bonds is 5. The van der Waals surface area contributed by atoms with Gasteiger partial charge < -0.3 is 10.4 Å². The number of carboxylic acids is 1. The molecular formula is C16H21NO3. The number of carboxylic acid groups (broad SMARTS) is 1. The van der Waals surface area contributed by atoms with Gasteiger partial charge in [-0.3, -0.25) is 9.59 Å². The van der Waals surface area contributed by atoms with Crippen molar-refractivity contribution in [2.24, 2.45) is 5.41 Å². The number of benzene rings is 1. The minimum atomic E-state index is -0.810. The average Bonchev–Trinajstić information content (AvgIpc) is 2.79. The van der Waals surface area contributed by atoms with Crippen molar-refractivity contribution in [3.05, 3.63) is 29.8 Å². The summed E-state index contributed by atoms with van der Waals surface area (Å²) in [5.74, 6) is -0.891. The molecular weight excluding hydrogens is 254 g/mol. The number of anilines is 1. The fraction of sp³-hybridized carbons (Fsp3) is 0.500. The number of amides is 1. The van der Waals surface area contributed by atoms with Crippen LogP contribution >= 0.6 is 0 Å². The van der Waals surface area contributed by atoms with E-state index in [1.165, 1.54) is 0 Å². The highest BCUT2D eigenvalue weighted by atomic mass is 16.4. The second-order valence-electron chi connectivity index (χ2n) is 5.82. The smallest absolute Gasteiger partial charge is 0.303 e. The van der Waals surface area contributed by atoms with Crippen LogP contribution in [-0.2, 0) is 9.59 Å². The van der Waals surface area contributed by atoms with Crippen molar-refractivity contribution in [3.8, 4) is 0 Å². The van der Waals surface area contributed by atoms with Gasteiger partial charge in [-0.05, 0) is 36.8 Å². The van der Waals surface area contributed by atoms with Crippen LogP contribution in [0, 0.1) is 12.3 Å². The molecule has 1 aliphatic carbocycles. The molecule has 2 N–H and O–H groups in total. The molecule has 1 aliphatic rings. The molecule has 0 heterocycles. The van der Waals surface area contributed by atoms with Crippen molar-refractivity contribution in [1.82, 2.24) is 0 Å². The van der Waals surface area contributed by atoms with Gasteiger partial charge in [0.15, 0.2) is 0 Å². The average molecular weight is 275 g/mol. The highest BCUT2D eigenvalue weighted by Crippen LogP contribution is 2.44. The Morgan fingerprint density at radius 1 is 1.20 bits per heavy atom. The number of nitrogens with one attached hydrogen (secondary N) is 1. The van der Waals surface area contributed by atoms with E-state index in [9.17, 15) is 9.59 Å². The Kier molecular flexibility index (Phi) is 4.42. The summed E-state index contributed by atoms with van der Waals surface area (Å²) >= 11 is 0. The Labute approximate surface area is 119 Å². The molecule has 1 fully saturated rings. The highest BCUT2D eigenvalue weighted by Gasteiger charge is 2.37. The number of carbonyl (C=O) groups excluding carboxylic acids is 1. The van der Waals surface area contributed by atoms with Crippen LogP contribution in [0.4, 0.5) is 5.69 Å². The number of para-hydroxylation sites is 1.